The SMILES string of the molecule is Cc1ccc(NC(=O)/C(=C\c2ccc(C)o2)NC(=O)c2ccccc2)cc1. The fraction of sp³-hybridized carbons (Fsp3) is 0.0909. The molecule has 2 aromatic carbocycles. The zero-order valence-electron chi connectivity index (χ0n) is 15.2. The highest BCUT2D eigenvalue weighted by molar-refractivity contribution is 6.10. The highest BCUT2D eigenvalue weighted by Gasteiger charge is 2.15. The Morgan fingerprint density at radius 1 is 0.889 bits per heavy atom. The number of aryl methyl sites for hydroxylation is 2. The van der Waals surface area contributed by atoms with E-state index in [4.69, 9.17) is 4.42 Å². The monoisotopic (exact) mass is 360 g/mol. The molecule has 3 rings (SSSR count). The van der Waals surface area contributed by atoms with Crippen LogP contribution in [0.25, 0.3) is 6.08 Å². The summed E-state index contributed by atoms with van der Waals surface area (Å²) < 4.78 is 5.51. The van der Waals surface area contributed by atoms with Crippen molar-refractivity contribution in [2.45, 2.75) is 13.8 Å². The van der Waals surface area contributed by atoms with Crippen LogP contribution in [0.3, 0.4) is 0 Å². The third-order valence-corrected chi connectivity index (χ3v) is 3.89. The van der Waals surface area contributed by atoms with Gasteiger partial charge in [0.05, 0.1) is 0 Å². The molecule has 0 bridgehead atoms. The summed E-state index contributed by atoms with van der Waals surface area (Å²) in [6.45, 7) is 3.78. The zero-order valence-corrected chi connectivity index (χ0v) is 15.2. The second-order valence-corrected chi connectivity index (χ2v) is 6.15. The van der Waals surface area contributed by atoms with Crippen LogP contribution in [0.2, 0.25) is 0 Å². The molecule has 5 nitrogen and oxygen atoms in total. The van der Waals surface area contributed by atoms with Crippen LogP contribution in [0, 0.1) is 13.8 Å². The third-order valence-electron chi connectivity index (χ3n) is 3.89. The molecule has 2 amide bonds. The maximum Gasteiger partial charge on any atom is 0.272 e. The van der Waals surface area contributed by atoms with E-state index in [0.29, 0.717) is 22.8 Å². The highest BCUT2D eigenvalue weighted by Crippen LogP contribution is 2.14. The molecular weight excluding hydrogens is 340 g/mol. The van der Waals surface area contributed by atoms with Crippen molar-refractivity contribution in [2.24, 2.45) is 0 Å². The Bertz CT molecular complexity index is 970. The number of carbonyl (C=O) groups excluding carboxylic acids is 2. The first-order chi connectivity index (χ1) is 13.0. The Morgan fingerprint density at radius 2 is 1.59 bits per heavy atom. The maximum absolute atomic E-state index is 12.7. The Kier molecular flexibility index (Phi) is 5.52. The highest BCUT2D eigenvalue weighted by atomic mass is 16.3. The minimum absolute atomic E-state index is 0.0961. The van der Waals surface area contributed by atoms with Crippen molar-refractivity contribution >= 4 is 23.6 Å². The predicted octanol–water partition coefficient (Wildman–Crippen LogP) is 4.31. The van der Waals surface area contributed by atoms with Gasteiger partial charge in [-0.2, -0.15) is 0 Å². The van der Waals surface area contributed by atoms with Gasteiger partial charge in [-0.15, -0.1) is 0 Å². The van der Waals surface area contributed by atoms with Crippen molar-refractivity contribution in [3.05, 3.63) is 95.1 Å². The van der Waals surface area contributed by atoms with Gasteiger partial charge in [-0.3, -0.25) is 9.59 Å². The lowest BCUT2D eigenvalue weighted by molar-refractivity contribution is -0.113. The fourth-order valence-electron chi connectivity index (χ4n) is 2.45. The molecule has 2 N–H and O–H groups in total. The van der Waals surface area contributed by atoms with Crippen LogP contribution in [-0.2, 0) is 4.79 Å². The topological polar surface area (TPSA) is 71.3 Å². The molecule has 136 valence electrons. The van der Waals surface area contributed by atoms with E-state index in [-0.39, 0.29) is 11.6 Å². The van der Waals surface area contributed by atoms with E-state index in [9.17, 15) is 9.59 Å². The number of amides is 2. The first-order valence-electron chi connectivity index (χ1n) is 8.54. The standard InChI is InChI=1S/C22H20N2O3/c1-15-8-11-18(12-9-15)23-22(26)20(14-19-13-10-16(2)27-19)24-21(25)17-6-4-3-5-7-17/h3-14H,1-2H3,(H,23,26)(H,24,25)/b20-14+. The summed E-state index contributed by atoms with van der Waals surface area (Å²) in [5.74, 6) is 0.394. The first kappa shape index (κ1) is 18.2. The van der Waals surface area contributed by atoms with Gasteiger partial charge in [-0.1, -0.05) is 35.9 Å². The summed E-state index contributed by atoms with van der Waals surface area (Å²) in [7, 11) is 0. The summed E-state index contributed by atoms with van der Waals surface area (Å²) >= 11 is 0. The molecule has 3 aromatic rings. The van der Waals surface area contributed by atoms with Crippen LogP contribution in [0.4, 0.5) is 5.69 Å². The van der Waals surface area contributed by atoms with Crippen LogP contribution in [-0.4, -0.2) is 11.8 Å². The average Bonchev–Trinajstić information content (AvgIpc) is 3.08. The Balaban J connectivity index is 1.85. The quantitative estimate of drug-likeness (QED) is 0.666. The lowest BCUT2D eigenvalue weighted by Gasteiger charge is -2.11. The van der Waals surface area contributed by atoms with E-state index in [1.807, 2.05) is 32.0 Å². The number of carbonyl (C=O) groups is 2. The van der Waals surface area contributed by atoms with Gasteiger partial charge in [0.2, 0.25) is 0 Å². The zero-order chi connectivity index (χ0) is 19.2. The van der Waals surface area contributed by atoms with Gasteiger partial charge < -0.3 is 15.1 Å². The molecule has 27 heavy (non-hydrogen) atoms. The molecule has 0 aliphatic carbocycles. The predicted molar refractivity (Wildman–Crippen MR) is 105 cm³/mol. The number of hydrogen-bond donors (Lipinski definition) is 2. The van der Waals surface area contributed by atoms with E-state index in [1.54, 1.807) is 48.5 Å². The number of rotatable bonds is 5. The van der Waals surface area contributed by atoms with Gasteiger partial charge in [-0.05, 0) is 50.2 Å². The molecule has 0 aliphatic heterocycles. The second-order valence-electron chi connectivity index (χ2n) is 6.15. The largest absolute Gasteiger partial charge is 0.462 e. The van der Waals surface area contributed by atoms with Crippen molar-refractivity contribution in [1.29, 1.82) is 0 Å². The van der Waals surface area contributed by atoms with E-state index < -0.39 is 5.91 Å². The second kappa shape index (κ2) is 8.19. The normalized spacial score (nSPS) is 11.1. The summed E-state index contributed by atoms with van der Waals surface area (Å²) in [5, 5.41) is 5.46. The van der Waals surface area contributed by atoms with Gasteiger partial charge >= 0.3 is 0 Å². The van der Waals surface area contributed by atoms with Crippen LogP contribution in [0.1, 0.15) is 27.4 Å². The van der Waals surface area contributed by atoms with Gasteiger partial charge in [0.1, 0.15) is 17.2 Å². The molecular formula is C22H20N2O3. The van der Waals surface area contributed by atoms with Gasteiger partial charge in [0.15, 0.2) is 0 Å². The fourth-order valence-corrected chi connectivity index (χ4v) is 2.45. The minimum Gasteiger partial charge on any atom is -0.462 e. The summed E-state index contributed by atoms with van der Waals surface area (Å²) in [5.41, 5.74) is 2.29. The van der Waals surface area contributed by atoms with Crippen molar-refractivity contribution in [2.75, 3.05) is 5.32 Å². The summed E-state index contributed by atoms with van der Waals surface area (Å²) in [6, 6.07) is 19.7. The maximum atomic E-state index is 12.7. The van der Waals surface area contributed by atoms with E-state index in [0.717, 1.165) is 5.56 Å². The van der Waals surface area contributed by atoms with E-state index in [2.05, 4.69) is 10.6 Å². The minimum atomic E-state index is -0.433. The molecule has 5 heteroatoms. The number of benzene rings is 2. The molecule has 1 aromatic heterocycles. The van der Waals surface area contributed by atoms with Gasteiger partial charge in [0.25, 0.3) is 11.8 Å². The number of nitrogens with one attached hydrogen (secondary N) is 2. The van der Waals surface area contributed by atoms with Crippen molar-refractivity contribution in [3.8, 4) is 0 Å². The molecule has 0 radical (unpaired) electrons. The average molecular weight is 360 g/mol. The molecule has 0 spiro atoms. The van der Waals surface area contributed by atoms with Crippen molar-refractivity contribution in [1.82, 2.24) is 5.32 Å². The Morgan fingerprint density at radius 3 is 2.22 bits per heavy atom. The Hall–Kier alpha value is -3.60. The van der Waals surface area contributed by atoms with Crippen LogP contribution in [0.15, 0.2) is 76.8 Å². The molecule has 0 atom stereocenters. The number of furan rings is 1. The summed E-state index contributed by atoms with van der Waals surface area (Å²) in [6.07, 6.45) is 1.51. The molecule has 0 saturated carbocycles. The number of hydrogen-bond acceptors (Lipinski definition) is 3. The lowest BCUT2D eigenvalue weighted by Crippen LogP contribution is -2.30. The van der Waals surface area contributed by atoms with Crippen molar-refractivity contribution < 1.29 is 14.0 Å². The smallest absolute Gasteiger partial charge is 0.272 e. The van der Waals surface area contributed by atoms with Gasteiger partial charge in [0, 0.05) is 17.3 Å². The lowest BCUT2D eigenvalue weighted by atomic mass is 10.2. The van der Waals surface area contributed by atoms with Crippen LogP contribution < -0.4 is 10.6 Å². The van der Waals surface area contributed by atoms with Crippen LogP contribution >= 0.6 is 0 Å². The third kappa shape index (κ3) is 4.95. The first-order valence-corrected chi connectivity index (χ1v) is 8.54. The Labute approximate surface area is 157 Å². The van der Waals surface area contributed by atoms with E-state index in [1.165, 1.54) is 6.08 Å². The van der Waals surface area contributed by atoms with Crippen LogP contribution in [0.5, 0.6) is 0 Å². The molecule has 1 heterocycles. The summed E-state index contributed by atoms with van der Waals surface area (Å²) in [4.78, 5) is 25.2. The molecule has 0 saturated heterocycles. The molecule has 0 unspecified atom stereocenters. The van der Waals surface area contributed by atoms with Crippen molar-refractivity contribution in [3.63, 3.8) is 0 Å². The molecule has 0 aliphatic rings. The number of anilines is 1. The van der Waals surface area contributed by atoms with Gasteiger partial charge in [-0.25, -0.2) is 0 Å². The van der Waals surface area contributed by atoms with E-state index >= 15 is 0 Å². The molecule has 0 fully saturated rings.